The Morgan fingerprint density at radius 2 is 1.77 bits per heavy atom. The lowest BCUT2D eigenvalue weighted by Gasteiger charge is -2.10. The molecule has 0 spiro atoms. The number of aromatic nitrogens is 3. The van der Waals surface area contributed by atoms with Crippen LogP contribution in [0.2, 0.25) is 0 Å². The molecule has 0 saturated heterocycles. The summed E-state index contributed by atoms with van der Waals surface area (Å²) in [6.45, 7) is 0.881. The SMILES string of the molecule is c1cc(Cn2cccc2)cc(-c2ccc3ncnc(NC4CC4)c3c2)c1. The molecule has 1 aliphatic rings. The van der Waals surface area contributed by atoms with Gasteiger partial charge in [0.25, 0.3) is 0 Å². The molecule has 4 heteroatoms. The van der Waals surface area contributed by atoms with Crippen molar-refractivity contribution in [1.82, 2.24) is 14.5 Å². The van der Waals surface area contributed by atoms with Gasteiger partial charge in [0.05, 0.1) is 5.52 Å². The van der Waals surface area contributed by atoms with Gasteiger partial charge in [-0.15, -0.1) is 0 Å². The fraction of sp³-hybridized carbons (Fsp3) is 0.182. The molecule has 1 fully saturated rings. The van der Waals surface area contributed by atoms with Gasteiger partial charge in [0.1, 0.15) is 12.1 Å². The minimum atomic E-state index is 0.571. The highest BCUT2D eigenvalue weighted by Crippen LogP contribution is 2.30. The molecule has 0 aliphatic heterocycles. The molecule has 0 unspecified atom stereocenters. The molecule has 4 nitrogen and oxygen atoms in total. The van der Waals surface area contributed by atoms with Gasteiger partial charge in [-0.3, -0.25) is 0 Å². The first-order valence-electron chi connectivity index (χ1n) is 9.06. The summed E-state index contributed by atoms with van der Waals surface area (Å²) < 4.78 is 2.19. The van der Waals surface area contributed by atoms with E-state index < -0.39 is 0 Å². The Morgan fingerprint density at radius 1 is 0.923 bits per heavy atom. The molecule has 2 aromatic heterocycles. The van der Waals surface area contributed by atoms with Gasteiger partial charge in [0.2, 0.25) is 0 Å². The second-order valence-electron chi connectivity index (χ2n) is 6.93. The van der Waals surface area contributed by atoms with Gasteiger partial charge in [-0.2, -0.15) is 0 Å². The van der Waals surface area contributed by atoms with Crippen LogP contribution in [0.1, 0.15) is 18.4 Å². The van der Waals surface area contributed by atoms with Crippen LogP contribution in [0.25, 0.3) is 22.0 Å². The van der Waals surface area contributed by atoms with Crippen molar-refractivity contribution in [2.45, 2.75) is 25.4 Å². The largest absolute Gasteiger partial charge is 0.367 e. The summed E-state index contributed by atoms with van der Waals surface area (Å²) in [4.78, 5) is 8.88. The zero-order valence-corrected chi connectivity index (χ0v) is 14.5. The van der Waals surface area contributed by atoms with Crippen molar-refractivity contribution in [3.8, 4) is 11.1 Å². The first-order valence-corrected chi connectivity index (χ1v) is 9.06. The molecule has 26 heavy (non-hydrogen) atoms. The Balaban J connectivity index is 1.52. The van der Waals surface area contributed by atoms with Crippen molar-refractivity contribution < 1.29 is 0 Å². The average Bonchev–Trinajstić information content (AvgIpc) is 3.35. The number of nitrogens with zero attached hydrogens (tertiary/aromatic N) is 3. The molecule has 0 radical (unpaired) electrons. The molecule has 2 heterocycles. The van der Waals surface area contributed by atoms with E-state index in [1.54, 1.807) is 6.33 Å². The summed E-state index contributed by atoms with van der Waals surface area (Å²) in [6, 6.07) is 19.8. The fourth-order valence-corrected chi connectivity index (χ4v) is 3.31. The molecule has 4 aromatic rings. The molecule has 1 N–H and O–H groups in total. The smallest absolute Gasteiger partial charge is 0.137 e. The number of hydrogen-bond donors (Lipinski definition) is 1. The van der Waals surface area contributed by atoms with Gasteiger partial charge in [-0.25, -0.2) is 9.97 Å². The number of benzene rings is 2. The third-order valence-corrected chi connectivity index (χ3v) is 4.85. The van der Waals surface area contributed by atoms with Crippen molar-refractivity contribution >= 4 is 16.7 Å². The Hall–Kier alpha value is -3.14. The lowest BCUT2D eigenvalue weighted by molar-refractivity contribution is 0.806. The number of fused-ring (bicyclic) bond motifs is 1. The molecule has 1 saturated carbocycles. The molecule has 0 bridgehead atoms. The van der Waals surface area contributed by atoms with Crippen LogP contribution in [0, 0.1) is 0 Å². The van der Waals surface area contributed by atoms with Crippen molar-refractivity contribution in [2.24, 2.45) is 0 Å². The van der Waals surface area contributed by atoms with E-state index in [-0.39, 0.29) is 0 Å². The predicted molar refractivity (Wildman–Crippen MR) is 105 cm³/mol. The fourth-order valence-electron chi connectivity index (χ4n) is 3.31. The second-order valence-corrected chi connectivity index (χ2v) is 6.93. The zero-order chi connectivity index (χ0) is 17.3. The molecule has 5 rings (SSSR count). The zero-order valence-electron chi connectivity index (χ0n) is 14.5. The van der Waals surface area contributed by atoms with Crippen LogP contribution in [0.4, 0.5) is 5.82 Å². The summed E-state index contributed by atoms with van der Waals surface area (Å²) in [5, 5.41) is 4.61. The Bertz CT molecular complexity index is 1050. The van der Waals surface area contributed by atoms with E-state index in [0.717, 1.165) is 23.3 Å². The van der Waals surface area contributed by atoms with Crippen molar-refractivity contribution in [3.63, 3.8) is 0 Å². The van der Waals surface area contributed by atoms with Gasteiger partial charge in [-0.1, -0.05) is 24.3 Å². The predicted octanol–water partition coefficient (Wildman–Crippen LogP) is 4.72. The summed E-state index contributed by atoms with van der Waals surface area (Å²) >= 11 is 0. The standard InChI is InChI=1S/C22H20N4/c1-2-11-26(10-1)14-16-4-3-5-17(12-16)18-6-9-21-20(13-18)22(24-15-23-21)25-19-7-8-19/h1-6,9-13,15,19H,7-8,14H2,(H,23,24,25). The third-order valence-electron chi connectivity index (χ3n) is 4.85. The van der Waals surface area contributed by atoms with Crippen molar-refractivity contribution in [1.29, 1.82) is 0 Å². The summed E-state index contributed by atoms with van der Waals surface area (Å²) in [6.07, 6.45) is 8.29. The van der Waals surface area contributed by atoms with E-state index >= 15 is 0 Å². The maximum absolute atomic E-state index is 4.46. The lowest BCUT2D eigenvalue weighted by atomic mass is 10.0. The van der Waals surface area contributed by atoms with Crippen molar-refractivity contribution in [2.75, 3.05) is 5.32 Å². The van der Waals surface area contributed by atoms with Crippen LogP contribution in [-0.2, 0) is 6.54 Å². The molecule has 128 valence electrons. The Morgan fingerprint density at radius 3 is 2.62 bits per heavy atom. The van der Waals surface area contributed by atoms with E-state index in [1.165, 1.54) is 29.5 Å². The first-order chi connectivity index (χ1) is 12.8. The molecule has 0 amide bonds. The van der Waals surface area contributed by atoms with Gasteiger partial charge < -0.3 is 9.88 Å². The van der Waals surface area contributed by atoms with Crippen LogP contribution in [0.3, 0.4) is 0 Å². The first kappa shape index (κ1) is 15.1. The highest BCUT2D eigenvalue weighted by Gasteiger charge is 2.22. The quantitative estimate of drug-likeness (QED) is 0.571. The van der Waals surface area contributed by atoms with E-state index in [2.05, 4.69) is 86.8 Å². The Labute approximate surface area is 152 Å². The maximum atomic E-state index is 4.46. The highest BCUT2D eigenvalue weighted by molar-refractivity contribution is 5.92. The van der Waals surface area contributed by atoms with Crippen LogP contribution in [0.5, 0.6) is 0 Å². The van der Waals surface area contributed by atoms with E-state index in [9.17, 15) is 0 Å². The van der Waals surface area contributed by atoms with Crippen LogP contribution < -0.4 is 5.32 Å². The molecule has 0 atom stereocenters. The number of anilines is 1. The normalized spacial score (nSPS) is 13.8. The monoisotopic (exact) mass is 340 g/mol. The van der Waals surface area contributed by atoms with Gasteiger partial charge in [-0.05, 0) is 59.9 Å². The highest BCUT2D eigenvalue weighted by atomic mass is 15.1. The molecule has 1 aliphatic carbocycles. The number of rotatable bonds is 5. The van der Waals surface area contributed by atoms with Crippen LogP contribution in [-0.4, -0.2) is 20.6 Å². The van der Waals surface area contributed by atoms with Crippen LogP contribution >= 0.6 is 0 Å². The Kier molecular flexibility index (Phi) is 3.67. The minimum absolute atomic E-state index is 0.571. The van der Waals surface area contributed by atoms with Gasteiger partial charge in [0.15, 0.2) is 0 Å². The third kappa shape index (κ3) is 3.06. The summed E-state index contributed by atoms with van der Waals surface area (Å²) in [7, 11) is 0. The minimum Gasteiger partial charge on any atom is -0.367 e. The molecular weight excluding hydrogens is 320 g/mol. The molecule has 2 aromatic carbocycles. The number of hydrogen-bond acceptors (Lipinski definition) is 3. The summed E-state index contributed by atoms with van der Waals surface area (Å²) in [5.74, 6) is 0.947. The van der Waals surface area contributed by atoms with Gasteiger partial charge in [0, 0.05) is 30.4 Å². The second kappa shape index (κ2) is 6.30. The van der Waals surface area contributed by atoms with Crippen LogP contribution in [0.15, 0.2) is 73.3 Å². The average molecular weight is 340 g/mol. The van der Waals surface area contributed by atoms with E-state index in [0.29, 0.717) is 6.04 Å². The van der Waals surface area contributed by atoms with E-state index in [1.807, 2.05) is 0 Å². The maximum Gasteiger partial charge on any atom is 0.137 e. The molecular formula is C22H20N4. The summed E-state index contributed by atoms with van der Waals surface area (Å²) in [5.41, 5.74) is 4.69. The lowest BCUT2D eigenvalue weighted by Crippen LogP contribution is -2.04. The topological polar surface area (TPSA) is 42.7 Å². The van der Waals surface area contributed by atoms with Gasteiger partial charge >= 0.3 is 0 Å². The van der Waals surface area contributed by atoms with Crippen molar-refractivity contribution in [3.05, 3.63) is 78.9 Å². The van der Waals surface area contributed by atoms with E-state index in [4.69, 9.17) is 0 Å². The number of nitrogens with one attached hydrogen (secondary N) is 1.